The average Bonchev–Trinajstić information content (AvgIpc) is 2.91. The first-order valence-corrected chi connectivity index (χ1v) is 10.2. The van der Waals surface area contributed by atoms with E-state index in [4.69, 9.17) is 0 Å². The van der Waals surface area contributed by atoms with Gasteiger partial charge in [0, 0.05) is 30.4 Å². The van der Waals surface area contributed by atoms with E-state index in [2.05, 4.69) is 5.32 Å². The van der Waals surface area contributed by atoms with Crippen LogP contribution in [0, 0.1) is 11.6 Å². The monoisotopic (exact) mass is 394 g/mol. The highest BCUT2D eigenvalue weighted by atomic mass is 32.2. The van der Waals surface area contributed by atoms with Crippen molar-refractivity contribution in [2.45, 2.75) is 30.6 Å². The second kappa shape index (κ2) is 8.14. The first-order chi connectivity index (χ1) is 12.9. The molecule has 144 valence electrons. The van der Waals surface area contributed by atoms with Gasteiger partial charge in [0.05, 0.1) is 4.90 Å². The minimum absolute atomic E-state index is 0.0301. The van der Waals surface area contributed by atoms with E-state index < -0.39 is 27.6 Å². The predicted octanol–water partition coefficient (Wildman–Crippen LogP) is 3.78. The van der Waals surface area contributed by atoms with Crippen LogP contribution in [-0.4, -0.2) is 31.7 Å². The van der Waals surface area contributed by atoms with Crippen molar-refractivity contribution in [1.82, 2.24) is 4.31 Å². The molecule has 0 bridgehead atoms. The van der Waals surface area contributed by atoms with Crippen molar-refractivity contribution in [1.29, 1.82) is 0 Å². The molecule has 1 saturated heterocycles. The molecule has 8 heteroatoms. The Morgan fingerprint density at radius 1 is 0.926 bits per heavy atom. The van der Waals surface area contributed by atoms with Crippen molar-refractivity contribution in [2.24, 2.45) is 0 Å². The van der Waals surface area contributed by atoms with Gasteiger partial charge in [0.15, 0.2) is 0 Å². The fourth-order valence-corrected chi connectivity index (χ4v) is 4.62. The zero-order chi connectivity index (χ0) is 19.4. The van der Waals surface area contributed by atoms with Crippen LogP contribution >= 0.6 is 0 Å². The molecule has 0 atom stereocenters. The fraction of sp³-hybridized carbons (Fsp3) is 0.316. The van der Waals surface area contributed by atoms with E-state index in [1.165, 1.54) is 28.6 Å². The molecule has 2 aromatic rings. The molecule has 0 unspecified atom stereocenters. The van der Waals surface area contributed by atoms with Gasteiger partial charge < -0.3 is 5.32 Å². The number of anilines is 1. The minimum atomic E-state index is -3.69. The minimum Gasteiger partial charge on any atom is -0.322 e. The Bertz CT molecular complexity index is 919. The Balaban J connectivity index is 1.83. The van der Waals surface area contributed by atoms with E-state index in [0.29, 0.717) is 19.2 Å². The Hall–Kier alpha value is -2.32. The molecule has 0 spiro atoms. The summed E-state index contributed by atoms with van der Waals surface area (Å²) in [4.78, 5) is 12.4. The summed E-state index contributed by atoms with van der Waals surface area (Å²) in [6, 6.07) is 8.32. The summed E-state index contributed by atoms with van der Waals surface area (Å²) < 4.78 is 53.7. The standard InChI is InChI=1S/C19H20F2N2O3S/c20-15-11-16(21)13-17(12-15)22-19(24)14-6-5-7-18(10-14)27(25,26)23-8-3-1-2-4-9-23/h5-7,10-13H,1-4,8-9H2,(H,22,24). The van der Waals surface area contributed by atoms with Crippen molar-refractivity contribution >= 4 is 21.6 Å². The Morgan fingerprint density at radius 3 is 2.19 bits per heavy atom. The number of benzene rings is 2. The van der Waals surface area contributed by atoms with Crippen LogP contribution in [0.4, 0.5) is 14.5 Å². The van der Waals surface area contributed by atoms with Crippen LogP contribution in [0.5, 0.6) is 0 Å². The zero-order valence-corrected chi connectivity index (χ0v) is 15.4. The van der Waals surface area contributed by atoms with Crippen molar-refractivity contribution in [3.8, 4) is 0 Å². The molecule has 2 aromatic carbocycles. The molecular weight excluding hydrogens is 374 g/mol. The lowest BCUT2D eigenvalue weighted by atomic mass is 10.2. The van der Waals surface area contributed by atoms with Crippen molar-refractivity contribution in [2.75, 3.05) is 18.4 Å². The molecule has 0 saturated carbocycles. The maximum Gasteiger partial charge on any atom is 0.255 e. The van der Waals surface area contributed by atoms with Gasteiger partial charge in [-0.05, 0) is 43.2 Å². The number of halogens is 2. The molecule has 5 nitrogen and oxygen atoms in total. The lowest BCUT2D eigenvalue weighted by molar-refractivity contribution is 0.102. The van der Waals surface area contributed by atoms with Gasteiger partial charge in [-0.2, -0.15) is 4.31 Å². The molecule has 1 heterocycles. The number of hydrogen-bond acceptors (Lipinski definition) is 3. The third-order valence-electron chi connectivity index (χ3n) is 4.42. The fourth-order valence-electron chi connectivity index (χ4n) is 3.06. The highest BCUT2D eigenvalue weighted by Crippen LogP contribution is 2.22. The third-order valence-corrected chi connectivity index (χ3v) is 6.31. The van der Waals surface area contributed by atoms with Gasteiger partial charge in [-0.3, -0.25) is 4.79 Å². The Labute approximate surface area is 157 Å². The number of amides is 1. The van der Waals surface area contributed by atoms with E-state index in [1.54, 1.807) is 0 Å². The highest BCUT2D eigenvalue weighted by Gasteiger charge is 2.25. The van der Waals surface area contributed by atoms with Crippen molar-refractivity contribution in [3.63, 3.8) is 0 Å². The summed E-state index contributed by atoms with van der Waals surface area (Å²) in [5.41, 5.74) is 0.0499. The van der Waals surface area contributed by atoms with E-state index >= 15 is 0 Å². The first kappa shape index (κ1) is 19.4. The van der Waals surface area contributed by atoms with E-state index in [1.807, 2.05) is 0 Å². The van der Waals surface area contributed by atoms with Crippen LogP contribution in [0.15, 0.2) is 47.4 Å². The van der Waals surface area contributed by atoms with Gasteiger partial charge in [0.25, 0.3) is 5.91 Å². The van der Waals surface area contributed by atoms with Crippen molar-refractivity contribution < 1.29 is 22.0 Å². The van der Waals surface area contributed by atoms with Crippen LogP contribution in [0.1, 0.15) is 36.0 Å². The second-order valence-corrected chi connectivity index (χ2v) is 8.40. The van der Waals surface area contributed by atoms with Gasteiger partial charge in [-0.1, -0.05) is 18.9 Å². The normalized spacial score (nSPS) is 15.9. The molecule has 0 aliphatic carbocycles. The summed E-state index contributed by atoms with van der Waals surface area (Å²) in [5, 5.41) is 2.38. The van der Waals surface area contributed by atoms with Crippen LogP contribution in [0.2, 0.25) is 0 Å². The number of sulfonamides is 1. The summed E-state index contributed by atoms with van der Waals surface area (Å²) in [5.74, 6) is -2.28. The summed E-state index contributed by atoms with van der Waals surface area (Å²) >= 11 is 0. The quantitative estimate of drug-likeness (QED) is 0.858. The Kier molecular flexibility index (Phi) is 5.86. The molecule has 3 rings (SSSR count). The van der Waals surface area contributed by atoms with E-state index in [0.717, 1.165) is 37.8 Å². The predicted molar refractivity (Wildman–Crippen MR) is 98.0 cm³/mol. The SMILES string of the molecule is O=C(Nc1cc(F)cc(F)c1)c1cccc(S(=O)(=O)N2CCCCCC2)c1. The van der Waals surface area contributed by atoms with Gasteiger partial charge >= 0.3 is 0 Å². The zero-order valence-electron chi connectivity index (χ0n) is 14.6. The van der Waals surface area contributed by atoms with Crippen LogP contribution in [-0.2, 0) is 10.0 Å². The number of nitrogens with one attached hydrogen (secondary N) is 1. The van der Waals surface area contributed by atoms with Crippen LogP contribution in [0.25, 0.3) is 0 Å². The molecule has 1 fully saturated rings. The smallest absolute Gasteiger partial charge is 0.255 e. The maximum absolute atomic E-state index is 13.3. The molecular formula is C19H20F2N2O3S. The number of carbonyl (C=O) groups is 1. The van der Waals surface area contributed by atoms with E-state index in [9.17, 15) is 22.0 Å². The third kappa shape index (κ3) is 4.70. The molecule has 1 aliphatic rings. The molecule has 1 aliphatic heterocycles. The largest absolute Gasteiger partial charge is 0.322 e. The Morgan fingerprint density at radius 2 is 1.56 bits per heavy atom. The van der Waals surface area contributed by atoms with Gasteiger partial charge in [-0.15, -0.1) is 0 Å². The molecule has 1 amide bonds. The lowest BCUT2D eigenvalue weighted by Gasteiger charge is -2.20. The van der Waals surface area contributed by atoms with Gasteiger partial charge in [-0.25, -0.2) is 17.2 Å². The van der Waals surface area contributed by atoms with Gasteiger partial charge in [0.1, 0.15) is 11.6 Å². The summed E-state index contributed by atoms with van der Waals surface area (Å²) in [6.07, 6.45) is 3.62. The van der Waals surface area contributed by atoms with E-state index in [-0.39, 0.29) is 16.1 Å². The average molecular weight is 394 g/mol. The first-order valence-electron chi connectivity index (χ1n) is 8.74. The number of hydrogen-bond donors (Lipinski definition) is 1. The maximum atomic E-state index is 13.3. The molecule has 1 N–H and O–H groups in total. The topological polar surface area (TPSA) is 66.5 Å². The highest BCUT2D eigenvalue weighted by molar-refractivity contribution is 7.89. The summed E-state index contributed by atoms with van der Waals surface area (Å²) in [7, 11) is -3.69. The molecule has 0 radical (unpaired) electrons. The summed E-state index contributed by atoms with van der Waals surface area (Å²) in [6.45, 7) is 0.919. The van der Waals surface area contributed by atoms with Crippen LogP contribution in [0.3, 0.4) is 0 Å². The number of nitrogens with zero attached hydrogens (tertiary/aromatic N) is 1. The number of rotatable bonds is 4. The lowest BCUT2D eigenvalue weighted by Crippen LogP contribution is -2.32. The van der Waals surface area contributed by atoms with Crippen LogP contribution < -0.4 is 5.32 Å². The molecule has 27 heavy (non-hydrogen) atoms. The number of carbonyl (C=O) groups excluding carboxylic acids is 1. The van der Waals surface area contributed by atoms with Crippen molar-refractivity contribution in [3.05, 3.63) is 59.7 Å². The second-order valence-electron chi connectivity index (χ2n) is 6.46. The molecule has 0 aromatic heterocycles. The van der Waals surface area contributed by atoms with Gasteiger partial charge in [0.2, 0.25) is 10.0 Å².